The van der Waals surface area contributed by atoms with Crippen LogP contribution in [0.25, 0.3) is 0 Å². The summed E-state index contributed by atoms with van der Waals surface area (Å²) in [5.41, 5.74) is 0. The van der Waals surface area contributed by atoms with Gasteiger partial charge in [0.05, 0.1) is 5.75 Å². The second-order valence-electron chi connectivity index (χ2n) is 2.06. The summed E-state index contributed by atoms with van der Waals surface area (Å²) < 4.78 is 31.9. The maximum Gasteiger partial charge on any atom is 0.205 e. The molecule has 54 valence electrons. The molecule has 0 N–H and O–H groups in total. The van der Waals surface area contributed by atoms with E-state index in [1.807, 2.05) is 0 Å². The Morgan fingerprint density at radius 2 is 2.11 bits per heavy atom. The summed E-state index contributed by atoms with van der Waals surface area (Å²) in [6, 6.07) is 0. The Labute approximate surface area is 57.5 Å². The lowest BCUT2D eigenvalue weighted by molar-refractivity contribution is 0.579. The first-order valence-electron chi connectivity index (χ1n) is 2.65. The maximum atomic E-state index is 10.7. The molecule has 1 rings (SSSR count). The smallest absolute Gasteiger partial charge is 0.205 e. The third kappa shape index (κ3) is 2.15. The number of sulfone groups is 1. The fourth-order valence-electron chi connectivity index (χ4n) is 0.758. The van der Waals surface area contributed by atoms with Crippen LogP contribution in [-0.2, 0) is 21.0 Å². The Kier molecular flexibility index (Phi) is 2.03. The Hall–Kier alpha value is 0.260. The summed E-state index contributed by atoms with van der Waals surface area (Å²) in [7, 11) is -2.93. The topological polar surface area (TPSA) is 57.2 Å². The van der Waals surface area contributed by atoms with Crippen LogP contribution in [0.3, 0.4) is 0 Å². The van der Waals surface area contributed by atoms with Gasteiger partial charge in [-0.25, -0.2) is 8.42 Å². The van der Waals surface area contributed by atoms with Crippen molar-refractivity contribution in [1.82, 2.24) is 0 Å². The third-order valence-electron chi connectivity index (χ3n) is 1.14. The largest absolute Gasteiger partial charge is 0.616 e. The molecule has 1 fully saturated rings. The predicted molar refractivity (Wildman–Crippen MR) is 36.3 cm³/mol. The van der Waals surface area contributed by atoms with Crippen LogP contribution in [0, 0.1) is 0 Å². The minimum atomic E-state index is -2.93. The summed E-state index contributed by atoms with van der Waals surface area (Å²) in [6.45, 7) is 0. The quantitative estimate of drug-likeness (QED) is 0.459. The first-order valence-corrected chi connectivity index (χ1v) is 5.96. The Morgan fingerprint density at radius 1 is 1.44 bits per heavy atom. The lowest BCUT2D eigenvalue weighted by atomic mass is 10.6. The number of hydrogen-bond donors (Lipinski definition) is 0. The molecule has 0 aliphatic carbocycles. The van der Waals surface area contributed by atoms with Gasteiger partial charge >= 0.3 is 0 Å². The molecule has 0 aromatic heterocycles. The Bertz CT molecular complexity index is 184. The van der Waals surface area contributed by atoms with Gasteiger partial charge in [-0.3, -0.25) is 0 Å². The Morgan fingerprint density at radius 3 is 2.44 bits per heavy atom. The molecule has 5 heteroatoms. The van der Waals surface area contributed by atoms with Gasteiger partial charge in [0.2, 0.25) is 5.08 Å². The van der Waals surface area contributed by atoms with Gasteiger partial charge < -0.3 is 4.55 Å². The fraction of sp³-hybridized carbons (Fsp3) is 1.00. The van der Waals surface area contributed by atoms with Gasteiger partial charge in [0.25, 0.3) is 0 Å². The van der Waals surface area contributed by atoms with E-state index < -0.39 is 21.0 Å². The zero-order valence-electron chi connectivity index (χ0n) is 4.87. The second kappa shape index (κ2) is 2.48. The molecule has 0 spiro atoms. The molecule has 9 heavy (non-hydrogen) atoms. The molecule has 1 unspecified atom stereocenters. The van der Waals surface area contributed by atoms with E-state index in [-0.39, 0.29) is 10.8 Å². The van der Waals surface area contributed by atoms with Gasteiger partial charge in [0, 0.05) is 6.42 Å². The predicted octanol–water partition coefficient (Wildman–Crippen LogP) is -0.489. The average molecular weight is 168 g/mol. The normalized spacial score (nSPS) is 34.1. The lowest BCUT2D eigenvalue weighted by Gasteiger charge is -2.15. The summed E-state index contributed by atoms with van der Waals surface area (Å²) in [5.74, 6) is 0.776. The Balaban J connectivity index is 2.62. The molecule has 0 radical (unpaired) electrons. The maximum absolute atomic E-state index is 10.7. The van der Waals surface area contributed by atoms with E-state index in [9.17, 15) is 13.0 Å². The molecular weight excluding hydrogens is 160 g/mol. The van der Waals surface area contributed by atoms with Gasteiger partial charge in [-0.2, -0.15) is 0 Å². The van der Waals surface area contributed by atoms with E-state index in [1.165, 1.54) is 0 Å². The molecule has 3 nitrogen and oxygen atoms in total. The molecule has 0 aromatic carbocycles. The molecule has 1 aliphatic heterocycles. The van der Waals surface area contributed by atoms with Crippen molar-refractivity contribution in [1.29, 1.82) is 0 Å². The van der Waals surface area contributed by atoms with Crippen molar-refractivity contribution in [2.45, 2.75) is 6.42 Å². The number of hydrogen-bond acceptors (Lipinski definition) is 3. The molecule has 1 atom stereocenters. The van der Waals surface area contributed by atoms with Gasteiger partial charge in [-0.05, 0) is 11.2 Å². The van der Waals surface area contributed by atoms with Crippen LogP contribution < -0.4 is 0 Å². The van der Waals surface area contributed by atoms with E-state index in [4.69, 9.17) is 0 Å². The highest BCUT2D eigenvalue weighted by atomic mass is 32.3. The van der Waals surface area contributed by atoms with Crippen molar-refractivity contribution in [3.05, 3.63) is 0 Å². The first kappa shape index (κ1) is 7.37. The second-order valence-corrected chi connectivity index (χ2v) is 6.19. The van der Waals surface area contributed by atoms with E-state index >= 15 is 0 Å². The zero-order chi connectivity index (χ0) is 6.91. The molecular formula is C4H8O3S2. The summed E-state index contributed by atoms with van der Waals surface area (Å²) in [5, 5.41) is -0.118. The van der Waals surface area contributed by atoms with Crippen molar-refractivity contribution >= 4 is 21.0 Å². The summed E-state index contributed by atoms with van der Waals surface area (Å²) >= 11 is -1.10. The van der Waals surface area contributed by atoms with Crippen LogP contribution in [-0.4, -0.2) is 29.6 Å². The standard InChI is InChI=1S/C4H8O3S2/c5-8-2-1-3-9(6,7)4-8/h1-4H2. The molecule has 1 heterocycles. The summed E-state index contributed by atoms with van der Waals surface area (Å²) in [4.78, 5) is 0. The molecule has 0 bridgehead atoms. The van der Waals surface area contributed by atoms with Gasteiger partial charge in [0.15, 0.2) is 9.84 Å². The fourth-order valence-corrected chi connectivity index (χ4v) is 4.54. The molecule has 1 saturated heterocycles. The van der Waals surface area contributed by atoms with Crippen molar-refractivity contribution < 1.29 is 13.0 Å². The van der Waals surface area contributed by atoms with Gasteiger partial charge in [-0.1, -0.05) is 0 Å². The molecule has 0 amide bonds. The van der Waals surface area contributed by atoms with Crippen molar-refractivity contribution in [3.63, 3.8) is 0 Å². The van der Waals surface area contributed by atoms with Crippen LogP contribution >= 0.6 is 0 Å². The summed E-state index contributed by atoms with van der Waals surface area (Å²) in [6.07, 6.45) is 0.564. The lowest BCUT2D eigenvalue weighted by Crippen LogP contribution is -2.28. The molecule has 0 saturated carbocycles. The third-order valence-corrected chi connectivity index (χ3v) is 5.28. The van der Waals surface area contributed by atoms with Crippen LogP contribution in [0.1, 0.15) is 6.42 Å². The van der Waals surface area contributed by atoms with Crippen molar-refractivity contribution in [2.75, 3.05) is 16.6 Å². The van der Waals surface area contributed by atoms with Crippen LogP contribution in [0.5, 0.6) is 0 Å². The van der Waals surface area contributed by atoms with Crippen molar-refractivity contribution in [2.24, 2.45) is 0 Å². The highest BCUT2D eigenvalue weighted by Crippen LogP contribution is 2.09. The van der Waals surface area contributed by atoms with Gasteiger partial charge in [-0.15, -0.1) is 0 Å². The van der Waals surface area contributed by atoms with E-state index in [1.54, 1.807) is 0 Å². The monoisotopic (exact) mass is 168 g/mol. The highest BCUT2D eigenvalue weighted by Gasteiger charge is 2.25. The SMILES string of the molecule is O=S1(=O)CCC[S+]([O-])C1. The van der Waals surface area contributed by atoms with Crippen LogP contribution in [0.15, 0.2) is 0 Å². The minimum Gasteiger partial charge on any atom is -0.616 e. The van der Waals surface area contributed by atoms with Gasteiger partial charge in [0.1, 0.15) is 5.75 Å². The average Bonchev–Trinajstić information content (AvgIpc) is 1.60. The minimum absolute atomic E-state index is 0.118. The van der Waals surface area contributed by atoms with E-state index in [2.05, 4.69) is 0 Å². The van der Waals surface area contributed by atoms with E-state index in [0.717, 1.165) is 0 Å². The molecule has 0 aromatic rings. The van der Waals surface area contributed by atoms with Crippen LogP contribution in [0.4, 0.5) is 0 Å². The zero-order valence-corrected chi connectivity index (χ0v) is 6.50. The number of rotatable bonds is 0. The van der Waals surface area contributed by atoms with E-state index in [0.29, 0.717) is 12.2 Å². The molecule has 1 aliphatic rings. The highest BCUT2D eigenvalue weighted by molar-refractivity contribution is 8.08. The first-order chi connectivity index (χ1) is 4.10. The van der Waals surface area contributed by atoms with Crippen molar-refractivity contribution in [3.8, 4) is 0 Å². The van der Waals surface area contributed by atoms with Crippen LogP contribution in [0.2, 0.25) is 0 Å².